The molecule has 0 atom stereocenters. The number of carbonyl (C=O) groups is 1. The lowest BCUT2D eigenvalue weighted by atomic mass is 10.1. The summed E-state index contributed by atoms with van der Waals surface area (Å²) in [6, 6.07) is 14.2. The Morgan fingerprint density at radius 2 is 1.61 bits per heavy atom. The third-order valence-corrected chi connectivity index (χ3v) is 2.86. The molecule has 2 aromatic carbocycles. The first-order valence-corrected chi connectivity index (χ1v) is 6.14. The zero-order valence-electron chi connectivity index (χ0n) is 9.44. The number of allylic oxidation sites excluding steroid dienone is 1. The van der Waals surface area contributed by atoms with Gasteiger partial charge in [-0.2, -0.15) is 0 Å². The molecule has 3 heteroatoms. The Morgan fingerprint density at radius 1 is 0.944 bits per heavy atom. The molecule has 0 aliphatic rings. The summed E-state index contributed by atoms with van der Waals surface area (Å²) in [5, 5.41) is 1.20. The largest absolute Gasteiger partial charge is 0.289 e. The molecule has 0 unspecified atom stereocenters. The van der Waals surface area contributed by atoms with Gasteiger partial charge in [0.2, 0.25) is 0 Å². The SMILES string of the molecule is O=C(C=Cc1cccc(Cl)c1)c1cccc(Cl)c1. The van der Waals surface area contributed by atoms with Gasteiger partial charge in [0.1, 0.15) is 0 Å². The van der Waals surface area contributed by atoms with Crippen LogP contribution in [0.3, 0.4) is 0 Å². The zero-order valence-corrected chi connectivity index (χ0v) is 10.9. The summed E-state index contributed by atoms with van der Waals surface area (Å²) in [6.07, 6.45) is 3.24. The van der Waals surface area contributed by atoms with Crippen LogP contribution in [0.4, 0.5) is 0 Å². The Balaban J connectivity index is 2.17. The zero-order chi connectivity index (χ0) is 13.0. The maximum atomic E-state index is 11.9. The van der Waals surface area contributed by atoms with Crippen LogP contribution in [-0.2, 0) is 0 Å². The van der Waals surface area contributed by atoms with Crippen molar-refractivity contribution in [3.8, 4) is 0 Å². The predicted molar refractivity (Wildman–Crippen MR) is 76.3 cm³/mol. The molecule has 0 N–H and O–H groups in total. The van der Waals surface area contributed by atoms with Gasteiger partial charge in [-0.25, -0.2) is 0 Å². The summed E-state index contributed by atoms with van der Waals surface area (Å²) in [7, 11) is 0. The van der Waals surface area contributed by atoms with Crippen LogP contribution >= 0.6 is 23.2 Å². The minimum atomic E-state index is -0.0857. The molecule has 0 aliphatic heterocycles. The first-order valence-electron chi connectivity index (χ1n) is 5.39. The Hall–Kier alpha value is -1.57. The molecule has 0 radical (unpaired) electrons. The smallest absolute Gasteiger partial charge is 0.185 e. The fraction of sp³-hybridized carbons (Fsp3) is 0. The van der Waals surface area contributed by atoms with Gasteiger partial charge in [0, 0.05) is 15.6 Å². The van der Waals surface area contributed by atoms with Crippen molar-refractivity contribution in [2.24, 2.45) is 0 Å². The first-order chi connectivity index (χ1) is 8.65. The summed E-state index contributed by atoms with van der Waals surface area (Å²) in [4.78, 5) is 11.9. The van der Waals surface area contributed by atoms with E-state index in [0.717, 1.165) is 5.56 Å². The molecule has 0 amide bonds. The molecule has 18 heavy (non-hydrogen) atoms. The monoisotopic (exact) mass is 276 g/mol. The van der Waals surface area contributed by atoms with Gasteiger partial charge in [-0.15, -0.1) is 0 Å². The fourth-order valence-corrected chi connectivity index (χ4v) is 1.91. The highest BCUT2D eigenvalue weighted by Crippen LogP contribution is 2.14. The van der Waals surface area contributed by atoms with Crippen molar-refractivity contribution in [3.05, 3.63) is 75.8 Å². The molecule has 0 bridgehead atoms. The summed E-state index contributed by atoms with van der Waals surface area (Å²) in [5.74, 6) is -0.0857. The fourth-order valence-electron chi connectivity index (χ4n) is 1.52. The second-order valence-electron chi connectivity index (χ2n) is 3.76. The number of halogens is 2. The van der Waals surface area contributed by atoms with Crippen molar-refractivity contribution in [3.63, 3.8) is 0 Å². The Kier molecular flexibility index (Phi) is 4.19. The van der Waals surface area contributed by atoms with E-state index in [1.54, 1.807) is 42.5 Å². The van der Waals surface area contributed by atoms with Crippen LogP contribution in [-0.4, -0.2) is 5.78 Å². The minimum Gasteiger partial charge on any atom is -0.289 e. The van der Waals surface area contributed by atoms with E-state index >= 15 is 0 Å². The van der Waals surface area contributed by atoms with E-state index in [1.165, 1.54) is 6.08 Å². The van der Waals surface area contributed by atoms with Gasteiger partial charge in [0.05, 0.1) is 0 Å². The van der Waals surface area contributed by atoms with E-state index < -0.39 is 0 Å². The molecule has 2 aromatic rings. The Labute approximate surface area is 116 Å². The van der Waals surface area contributed by atoms with Gasteiger partial charge in [-0.1, -0.05) is 53.5 Å². The molecule has 0 saturated carbocycles. The van der Waals surface area contributed by atoms with Crippen LogP contribution in [0.2, 0.25) is 10.0 Å². The highest BCUT2D eigenvalue weighted by Gasteiger charge is 2.01. The quantitative estimate of drug-likeness (QED) is 0.576. The van der Waals surface area contributed by atoms with Crippen LogP contribution in [0, 0.1) is 0 Å². The second-order valence-corrected chi connectivity index (χ2v) is 4.64. The van der Waals surface area contributed by atoms with E-state index in [1.807, 2.05) is 12.1 Å². The predicted octanol–water partition coefficient (Wildman–Crippen LogP) is 4.89. The lowest BCUT2D eigenvalue weighted by Gasteiger charge is -1.97. The molecule has 0 heterocycles. The van der Waals surface area contributed by atoms with Crippen LogP contribution < -0.4 is 0 Å². The summed E-state index contributed by atoms with van der Waals surface area (Å²) in [6.45, 7) is 0. The van der Waals surface area contributed by atoms with E-state index in [9.17, 15) is 4.79 Å². The normalized spacial score (nSPS) is 10.8. The number of benzene rings is 2. The molecule has 1 nitrogen and oxygen atoms in total. The molecule has 0 aromatic heterocycles. The Morgan fingerprint density at radius 3 is 2.28 bits per heavy atom. The summed E-state index contributed by atoms with van der Waals surface area (Å²) in [5.41, 5.74) is 1.46. The van der Waals surface area contributed by atoms with Crippen molar-refractivity contribution in [2.45, 2.75) is 0 Å². The molecule has 0 aliphatic carbocycles. The average Bonchev–Trinajstić information content (AvgIpc) is 2.36. The molecule has 0 spiro atoms. The number of hydrogen-bond donors (Lipinski definition) is 0. The van der Waals surface area contributed by atoms with Gasteiger partial charge in [0.25, 0.3) is 0 Å². The van der Waals surface area contributed by atoms with Gasteiger partial charge in [-0.3, -0.25) is 4.79 Å². The van der Waals surface area contributed by atoms with Gasteiger partial charge < -0.3 is 0 Å². The lowest BCUT2D eigenvalue weighted by molar-refractivity contribution is 0.104. The van der Waals surface area contributed by atoms with Crippen molar-refractivity contribution < 1.29 is 4.79 Å². The van der Waals surface area contributed by atoms with Crippen LogP contribution in [0.25, 0.3) is 6.08 Å². The molecule has 0 saturated heterocycles. The van der Waals surface area contributed by atoms with E-state index in [0.29, 0.717) is 15.6 Å². The van der Waals surface area contributed by atoms with Gasteiger partial charge in [-0.05, 0) is 35.9 Å². The average molecular weight is 277 g/mol. The minimum absolute atomic E-state index is 0.0857. The number of rotatable bonds is 3. The van der Waals surface area contributed by atoms with E-state index in [-0.39, 0.29) is 5.78 Å². The molecular formula is C15H10Cl2O. The van der Waals surface area contributed by atoms with Crippen molar-refractivity contribution in [2.75, 3.05) is 0 Å². The maximum Gasteiger partial charge on any atom is 0.185 e. The molecular weight excluding hydrogens is 267 g/mol. The molecule has 90 valence electrons. The lowest BCUT2D eigenvalue weighted by Crippen LogP contribution is -1.93. The highest BCUT2D eigenvalue weighted by atomic mass is 35.5. The van der Waals surface area contributed by atoms with Crippen LogP contribution in [0.15, 0.2) is 54.6 Å². The van der Waals surface area contributed by atoms with Crippen molar-refractivity contribution in [1.29, 1.82) is 0 Å². The second kappa shape index (κ2) is 5.85. The number of hydrogen-bond acceptors (Lipinski definition) is 1. The molecule has 0 fully saturated rings. The van der Waals surface area contributed by atoms with Crippen LogP contribution in [0.1, 0.15) is 15.9 Å². The third-order valence-electron chi connectivity index (χ3n) is 2.38. The van der Waals surface area contributed by atoms with Gasteiger partial charge >= 0.3 is 0 Å². The number of carbonyl (C=O) groups excluding carboxylic acids is 1. The maximum absolute atomic E-state index is 11.9. The van der Waals surface area contributed by atoms with E-state index in [2.05, 4.69) is 0 Å². The highest BCUT2D eigenvalue weighted by molar-refractivity contribution is 6.31. The summed E-state index contributed by atoms with van der Waals surface area (Å²) >= 11 is 11.7. The van der Waals surface area contributed by atoms with Gasteiger partial charge in [0.15, 0.2) is 5.78 Å². The van der Waals surface area contributed by atoms with E-state index in [4.69, 9.17) is 23.2 Å². The third kappa shape index (κ3) is 3.46. The first kappa shape index (κ1) is 12.9. The molecule has 2 rings (SSSR count). The number of ketones is 1. The van der Waals surface area contributed by atoms with Crippen molar-refractivity contribution >= 4 is 35.1 Å². The topological polar surface area (TPSA) is 17.1 Å². The standard InChI is InChI=1S/C15H10Cl2O/c16-13-5-1-3-11(9-13)7-8-15(18)12-4-2-6-14(17)10-12/h1-10H. The van der Waals surface area contributed by atoms with Crippen LogP contribution in [0.5, 0.6) is 0 Å². The Bertz CT molecular complexity index is 603. The van der Waals surface area contributed by atoms with Crippen molar-refractivity contribution in [1.82, 2.24) is 0 Å². The summed E-state index contributed by atoms with van der Waals surface area (Å²) < 4.78 is 0.